The number of rotatable bonds is 5. The maximum Gasteiger partial charge on any atom is 0.224 e. The van der Waals surface area contributed by atoms with Crippen LogP contribution in [0.25, 0.3) is 10.2 Å². The molecule has 3 heterocycles. The summed E-state index contributed by atoms with van der Waals surface area (Å²) in [6.45, 7) is 3.18. The highest BCUT2D eigenvalue weighted by molar-refractivity contribution is 7.20. The van der Waals surface area contributed by atoms with E-state index < -0.39 is 0 Å². The Morgan fingerprint density at radius 3 is 2.74 bits per heavy atom. The molecule has 4 rings (SSSR count). The minimum Gasteiger partial charge on any atom is -0.343 e. The molecular weight excluding hydrogens is 362 g/mol. The molecule has 0 radical (unpaired) electrons. The van der Waals surface area contributed by atoms with Gasteiger partial charge in [-0.3, -0.25) is 9.59 Å². The van der Waals surface area contributed by atoms with Crippen molar-refractivity contribution in [1.82, 2.24) is 24.6 Å². The number of ketones is 1. The zero-order valence-electron chi connectivity index (χ0n) is 15.1. The van der Waals surface area contributed by atoms with Crippen LogP contribution in [-0.2, 0) is 4.79 Å². The quantitative estimate of drug-likeness (QED) is 0.633. The van der Waals surface area contributed by atoms with Crippen molar-refractivity contribution >= 4 is 33.2 Å². The number of hydrogen-bond donors (Lipinski definition) is 0. The summed E-state index contributed by atoms with van der Waals surface area (Å²) in [6.07, 6.45) is 4.87. The van der Waals surface area contributed by atoms with Gasteiger partial charge in [0.15, 0.2) is 10.8 Å². The van der Waals surface area contributed by atoms with Crippen molar-refractivity contribution in [3.63, 3.8) is 0 Å². The molecule has 1 atom stereocenters. The van der Waals surface area contributed by atoms with Crippen LogP contribution in [0.1, 0.15) is 42.0 Å². The van der Waals surface area contributed by atoms with E-state index in [1.54, 1.807) is 11.0 Å². The molecule has 1 amide bonds. The molecule has 1 aromatic carbocycles. The van der Waals surface area contributed by atoms with Gasteiger partial charge in [-0.25, -0.2) is 14.6 Å². The molecule has 1 fully saturated rings. The molecule has 7 nitrogen and oxygen atoms in total. The topological polar surface area (TPSA) is 81.0 Å². The number of likely N-dealkylation sites (tertiary alicyclic amines) is 1. The molecule has 0 spiro atoms. The van der Waals surface area contributed by atoms with Crippen LogP contribution in [0, 0.1) is 5.92 Å². The summed E-state index contributed by atoms with van der Waals surface area (Å²) in [5, 5.41) is 4.67. The average molecular weight is 383 g/mol. The minimum atomic E-state index is -0.0534. The maximum atomic E-state index is 12.8. The standard InChI is InChI=1S/C19H21N5O2S/c1-13(24-12-20-11-21-24)10-17(25)23-8-6-14(7-9-23)18(26)19-22-15-4-2-3-5-16(15)27-19/h2-5,11-14H,6-10H2,1H3/t13-/m0/s1. The molecule has 0 saturated carbocycles. The Labute approximate surface area is 161 Å². The number of carbonyl (C=O) groups is 2. The molecule has 3 aromatic rings. The van der Waals surface area contributed by atoms with Crippen LogP contribution in [0.2, 0.25) is 0 Å². The van der Waals surface area contributed by atoms with Gasteiger partial charge < -0.3 is 4.90 Å². The first-order chi connectivity index (χ1) is 13.1. The minimum absolute atomic E-state index is 0.0258. The van der Waals surface area contributed by atoms with Gasteiger partial charge in [-0.1, -0.05) is 12.1 Å². The van der Waals surface area contributed by atoms with E-state index in [4.69, 9.17) is 0 Å². The van der Waals surface area contributed by atoms with E-state index in [2.05, 4.69) is 15.1 Å². The van der Waals surface area contributed by atoms with Crippen molar-refractivity contribution in [2.75, 3.05) is 13.1 Å². The van der Waals surface area contributed by atoms with Gasteiger partial charge in [0.2, 0.25) is 5.91 Å². The Morgan fingerprint density at radius 2 is 2.04 bits per heavy atom. The zero-order valence-corrected chi connectivity index (χ0v) is 15.9. The van der Waals surface area contributed by atoms with Gasteiger partial charge >= 0.3 is 0 Å². The van der Waals surface area contributed by atoms with Crippen molar-refractivity contribution in [3.8, 4) is 0 Å². The number of amides is 1. The molecule has 140 valence electrons. The highest BCUT2D eigenvalue weighted by atomic mass is 32.1. The number of aromatic nitrogens is 4. The van der Waals surface area contributed by atoms with Crippen LogP contribution in [0.5, 0.6) is 0 Å². The number of fused-ring (bicyclic) bond motifs is 1. The summed E-state index contributed by atoms with van der Waals surface area (Å²) in [4.78, 5) is 35.6. The molecular formula is C19H21N5O2S. The molecule has 1 saturated heterocycles. The fourth-order valence-electron chi connectivity index (χ4n) is 3.46. The predicted octanol–water partition coefficient (Wildman–Crippen LogP) is 2.96. The van der Waals surface area contributed by atoms with Crippen LogP contribution in [0.4, 0.5) is 0 Å². The molecule has 1 aliphatic heterocycles. The van der Waals surface area contributed by atoms with Crippen LogP contribution >= 0.6 is 11.3 Å². The fourth-order valence-corrected chi connectivity index (χ4v) is 4.45. The number of hydrogen-bond acceptors (Lipinski definition) is 6. The number of para-hydroxylation sites is 1. The number of nitrogens with zero attached hydrogens (tertiary/aromatic N) is 5. The maximum absolute atomic E-state index is 12.8. The van der Waals surface area contributed by atoms with Crippen molar-refractivity contribution in [2.24, 2.45) is 5.92 Å². The molecule has 0 aliphatic carbocycles. The van der Waals surface area contributed by atoms with Crippen LogP contribution in [0.15, 0.2) is 36.9 Å². The van der Waals surface area contributed by atoms with Gasteiger partial charge in [0.1, 0.15) is 12.7 Å². The van der Waals surface area contributed by atoms with Gasteiger partial charge in [0.25, 0.3) is 0 Å². The summed E-state index contributed by atoms with van der Waals surface area (Å²) in [5.41, 5.74) is 0.876. The van der Waals surface area contributed by atoms with E-state index in [-0.39, 0.29) is 23.7 Å². The van der Waals surface area contributed by atoms with E-state index >= 15 is 0 Å². The van der Waals surface area contributed by atoms with Gasteiger partial charge in [-0.05, 0) is 31.9 Å². The zero-order chi connectivity index (χ0) is 18.8. The summed E-state index contributed by atoms with van der Waals surface area (Å²) in [5.74, 6) is 0.158. The first-order valence-electron chi connectivity index (χ1n) is 9.13. The Kier molecular flexibility index (Phi) is 4.98. The smallest absolute Gasteiger partial charge is 0.224 e. The fraction of sp³-hybridized carbons (Fsp3) is 0.421. The lowest BCUT2D eigenvalue weighted by Crippen LogP contribution is -2.40. The second-order valence-electron chi connectivity index (χ2n) is 6.93. The third kappa shape index (κ3) is 3.75. The van der Waals surface area contributed by atoms with Crippen molar-refractivity contribution in [3.05, 3.63) is 41.9 Å². The monoisotopic (exact) mass is 383 g/mol. The Bertz CT molecular complexity index is 911. The van der Waals surface area contributed by atoms with Crippen LogP contribution < -0.4 is 0 Å². The van der Waals surface area contributed by atoms with Crippen molar-refractivity contribution < 1.29 is 9.59 Å². The van der Waals surface area contributed by atoms with E-state index in [0.717, 1.165) is 10.2 Å². The second-order valence-corrected chi connectivity index (χ2v) is 7.97. The number of carbonyl (C=O) groups excluding carboxylic acids is 2. The van der Waals surface area contributed by atoms with E-state index in [9.17, 15) is 9.59 Å². The Hall–Kier alpha value is -2.61. The molecule has 27 heavy (non-hydrogen) atoms. The summed E-state index contributed by atoms with van der Waals surface area (Å²) in [6, 6.07) is 7.78. The lowest BCUT2D eigenvalue weighted by molar-refractivity contribution is -0.133. The first-order valence-corrected chi connectivity index (χ1v) is 9.95. The summed E-state index contributed by atoms with van der Waals surface area (Å²) in [7, 11) is 0. The lowest BCUT2D eigenvalue weighted by atomic mass is 9.92. The highest BCUT2D eigenvalue weighted by Gasteiger charge is 2.30. The van der Waals surface area contributed by atoms with Crippen LogP contribution in [-0.4, -0.2) is 49.4 Å². The normalized spacial score (nSPS) is 16.6. The third-order valence-electron chi connectivity index (χ3n) is 5.08. The number of benzene rings is 1. The van der Waals surface area contributed by atoms with Crippen LogP contribution in [0.3, 0.4) is 0 Å². The molecule has 1 aliphatic rings. The predicted molar refractivity (Wildman–Crippen MR) is 103 cm³/mol. The van der Waals surface area contributed by atoms with Gasteiger partial charge in [0.05, 0.1) is 16.3 Å². The van der Waals surface area contributed by atoms with Gasteiger partial charge in [0, 0.05) is 25.4 Å². The SMILES string of the molecule is C[C@@H](CC(=O)N1CCC(C(=O)c2nc3ccccc3s2)CC1)n1cncn1. The molecule has 2 aromatic heterocycles. The number of Topliss-reactive ketones (excluding diaryl/α,β-unsaturated/α-hetero) is 1. The molecule has 0 unspecified atom stereocenters. The van der Waals surface area contributed by atoms with E-state index in [1.165, 1.54) is 17.7 Å². The molecule has 0 bridgehead atoms. The van der Waals surface area contributed by atoms with E-state index in [1.807, 2.05) is 36.1 Å². The molecule has 8 heteroatoms. The summed E-state index contributed by atoms with van der Waals surface area (Å²) < 4.78 is 2.73. The number of piperidine rings is 1. The Balaban J connectivity index is 1.34. The second kappa shape index (κ2) is 7.56. The van der Waals surface area contributed by atoms with Crippen molar-refractivity contribution in [2.45, 2.75) is 32.2 Å². The highest BCUT2D eigenvalue weighted by Crippen LogP contribution is 2.28. The average Bonchev–Trinajstić information content (AvgIpc) is 3.37. The summed E-state index contributed by atoms with van der Waals surface area (Å²) >= 11 is 1.46. The molecule has 0 N–H and O–H groups in total. The van der Waals surface area contributed by atoms with Crippen molar-refractivity contribution in [1.29, 1.82) is 0 Å². The third-order valence-corrected chi connectivity index (χ3v) is 6.13. The van der Waals surface area contributed by atoms with E-state index in [0.29, 0.717) is 37.4 Å². The largest absolute Gasteiger partial charge is 0.343 e. The number of thiazole rings is 1. The van der Waals surface area contributed by atoms with Gasteiger partial charge in [-0.15, -0.1) is 11.3 Å². The first kappa shape index (κ1) is 17.8. The Morgan fingerprint density at radius 1 is 1.26 bits per heavy atom. The lowest BCUT2D eigenvalue weighted by Gasteiger charge is -2.31. The van der Waals surface area contributed by atoms with Gasteiger partial charge in [-0.2, -0.15) is 5.10 Å².